The molecule has 2 rings (SSSR count). The Balaban J connectivity index is 2.82. The van der Waals surface area contributed by atoms with E-state index < -0.39 is 5.76 Å². The number of nitrogens with zero attached hydrogens (tertiary/aromatic N) is 1. The van der Waals surface area contributed by atoms with Crippen LogP contribution in [-0.2, 0) is 0 Å². The maximum atomic E-state index is 10.7. The number of oxazole rings is 1. The van der Waals surface area contributed by atoms with E-state index in [9.17, 15) is 9.70 Å². The molecule has 0 amide bonds. The number of H-pyrrole nitrogens is 1. The number of rotatable bonds is 1. The highest BCUT2D eigenvalue weighted by Gasteiger charge is 2.00. The van der Waals surface area contributed by atoms with Crippen molar-refractivity contribution in [2.75, 3.05) is 0 Å². The molecular weight excluding hydrogens is 160 g/mol. The number of fused-ring (bicyclic) bond motifs is 1. The number of benzene rings is 1. The van der Waals surface area contributed by atoms with E-state index in [0.717, 1.165) is 0 Å². The van der Waals surface area contributed by atoms with Crippen LogP contribution in [-0.4, -0.2) is 4.98 Å². The first-order valence-electron chi connectivity index (χ1n) is 3.26. The third-order valence-corrected chi connectivity index (χ3v) is 1.51. The summed E-state index contributed by atoms with van der Waals surface area (Å²) in [4.78, 5) is 23.2. The van der Waals surface area contributed by atoms with Crippen LogP contribution in [0.3, 0.4) is 0 Å². The van der Waals surface area contributed by atoms with Gasteiger partial charge in [-0.15, -0.1) is 4.91 Å². The molecule has 5 heteroatoms. The molecule has 0 aliphatic heterocycles. The number of aromatic nitrogens is 1. The van der Waals surface area contributed by atoms with Crippen LogP contribution in [0.4, 0.5) is 5.69 Å². The lowest BCUT2D eigenvalue weighted by molar-refractivity contribution is 0.555. The Hall–Kier alpha value is -1.91. The molecule has 0 aliphatic rings. The van der Waals surface area contributed by atoms with Gasteiger partial charge in [0.25, 0.3) is 0 Å². The molecule has 60 valence electrons. The lowest BCUT2D eigenvalue weighted by atomic mass is 10.3. The van der Waals surface area contributed by atoms with Gasteiger partial charge in [0.2, 0.25) is 0 Å². The molecule has 0 unspecified atom stereocenters. The van der Waals surface area contributed by atoms with Crippen LogP contribution in [0.5, 0.6) is 0 Å². The second-order valence-electron chi connectivity index (χ2n) is 2.29. The summed E-state index contributed by atoms with van der Waals surface area (Å²) in [5.41, 5.74) is 1.15. The van der Waals surface area contributed by atoms with Crippen molar-refractivity contribution in [3.63, 3.8) is 0 Å². The molecule has 0 aliphatic carbocycles. The average Bonchev–Trinajstić information content (AvgIpc) is 2.43. The number of aromatic amines is 1. The maximum absolute atomic E-state index is 10.7. The molecule has 12 heavy (non-hydrogen) atoms. The summed E-state index contributed by atoms with van der Waals surface area (Å²) in [6.45, 7) is 0. The summed E-state index contributed by atoms with van der Waals surface area (Å²) in [7, 11) is 0. The molecule has 0 saturated carbocycles. The second kappa shape index (κ2) is 2.30. The minimum atomic E-state index is -0.534. The topological polar surface area (TPSA) is 75.4 Å². The van der Waals surface area contributed by atoms with Gasteiger partial charge in [-0.1, -0.05) is 0 Å². The van der Waals surface area contributed by atoms with Crippen molar-refractivity contribution in [1.82, 2.24) is 4.98 Å². The van der Waals surface area contributed by atoms with Gasteiger partial charge < -0.3 is 4.42 Å². The van der Waals surface area contributed by atoms with E-state index >= 15 is 0 Å². The fraction of sp³-hybridized carbons (Fsp3) is 0. The predicted molar refractivity (Wildman–Crippen MR) is 42.3 cm³/mol. The minimum absolute atomic E-state index is 0.241. The second-order valence-corrected chi connectivity index (χ2v) is 2.29. The van der Waals surface area contributed by atoms with E-state index in [1.807, 2.05) is 0 Å². The number of hydrogen-bond acceptors (Lipinski definition) is 4. The van der Waals surface area contributed by atoms with E-state index in [4.69, 9.17) is 4.42 Å². The van der Waals surface area contributed by atoms with E-state index in [0.29, 0.717) is 11.1 Å². The van der Waals surface area contributed by atoms with Crippen LogP contribution in [0.1, 0.15) is 0 Å². The van der Waals surface area contributed by atoms with Gasteiger partial charge in [-0.3, -0.25) is 4.98 Å². The number of nitroso groups, excluding NO2 is 1. The zero-order chi connectivity index (χ0) is 8.55. The first-order chi connectivity index (χ1) is 5.79. The molecule has 2 aromatic rings. The number of hydrogen-bond donors (Lipinski definition) is 1. The van der Waals surface area contributed by atoms with Crippen molar-refractivity contribution in [2.45, 2.75) is 0 Å². The summed E-state index contributed by atoms with van der Waals surface area (Å²) in [5, 5.41) is 2.70. The molecule has 0 radical (unpaired) electrons. The first-order valence-corrected chi connectivity index (χ1v) is 3.26. The highest BCUT2D eigenvalue weighted by Crippen LogP contribution is 2.17. The molecule has 1 heterocycles. The lowest BCUT2D eigenvalue weighted by Gasteiger charge is -1.86. The van der Waals surface area contributed by atoms with Gasteiger partial charge in [-0.25, -0.2) is 4.79 Å². The standard InChI is InChI=1S/C7H4N2O3/c10-7-8-5-2-1-4(9-11)3-6(5)12-7/h1-3H,(H,8,10). The minimum Gasteiger partial charge on any atom is -0.408 e. The average molecular weight is 164 g/mol. The molecule has 0 bridgehead atoms. The summed E-state index contributed by atoms with van der Waals surface area (Å²) in [6.07, 6.45) is 0. The van der Waals surface area contributed by atoms with E-state index in [2.05, 4.69) is 10.2 Å². The normalized spacial score (nSPS) is 10.3. The Morgan fingerprint density at radius 3 is 3.00 bits per heavy atom. The van der Waals surface area contributed by atoms with Crippen LogP contribution in [0.25, 0.3) is 11.1 Å². The van der Waals surface area contributed by atoms with Crippen LogP contribution >= 0.6 is 0 Å². The number of nitrogens with one attached hydrogen (secondary N) is 1. The van der Waals surface area contributed by atoms with Gasteiger partial charge in [0, 0.05) is 6.07 Å². The molecule has 0 saturated heterocycles. The summed E-state index contributed by atoms with van der Waals surface area (Å²) in [6, 6.07) is 4.47. The van der Waals surface area contributed by atoms with E-state index in [1.54, 1.807) is 6.07 Å². The van der Waals surface area contributed by atoms with Gasteiger partial charge >= 0.3 is 5.76 Å². The molecule has 0 atom stereocenters. The molecule has 0 fully saturated rings. The molecule has 5 nitrogen and oxygen atoms in total. The maximum Gasteiger partial charge on any atom is 0.417 e. The Morgan fingerprint density at radius 1 is 1.42 bits per heavy atom. The van der Waals surface area contributed by atoms with Gasteiger partial charge in [0.1, 0.15) is 5.69 Å². The fourth-order valence-corrected chi connectivity index (χ4v) is 0.991. The Kier molecular flexibility index (Phi) is 1.30. The largest absolute Gasteiger partial charge is 0.417 e. The van der Waals surface area contributed by atoms with Crippen molar-refractivity contribution < 1.29 is 4.42 Å². The summed E-state index contributed by atoms with van der Waals surface area (Å²) in [5.74, 6) is -0.534. The van der Waals surface area contributed by atoms with Crippen molar-refractivity contribution in [2.24, 2.45) is 5.18 Å². The van der Waals surface area contributed by atoms with Gasteiger partial charge in [0.15, 0.2) is 5.58 Å². The third-order valence-electron chi connectivity index (χ3n) is 1.51. The highest BCUT2D eigenvalue weighted by molar-refractivity contribution is 5.75. The van der Waals surface area contributed by atoms with Crippen molar-refractivity contribution in [3.05, 3.63) is 33.7 Å². The molecular formula is C7H4N2O3. The van der Waals surface area contributed by atoms with Crippen molar-refractivity contribution in [3.8, 4) is 0 Å². The van der Waals surface area contributed by atoms with Crippen molar-refractivity contribution in [1.29, 1.82) is 0 Å². The quantitative estimate of drug-likeness (QED) is 0.649. The van der Waals surface area contributed by atoms with E-state index in [-0.39, 0.29) is 5.69 Å². The van der Waals surface area contributed by atoms with Gasteiger partial charge in [-0.05, 0) is 17.3 Å². The highest BCUT2D eigenvalue weighted by atomic mass is 16.4. The zero-order valence-corrected chi connectivity index (χ0v) is 5.90. The molecule has 0 spiro atoms. The third kappa shape index (κ3) is 0.914. The molecule has 1 N–H and O–H groups in total. The Morgan fingerprint density at radius 2 is 2.25 bits per heavy atom. The zero-order valence-electron chi connectivity index (χ0n) is 5.90. The fourth-order valence-electron chi connectivity index (χ4n) is 0.991. The van der Waals surface area contributed by atoms with Gasteiger partial charge in [0.05, 0.1) is 5.52 Å². The van der Waals surface area contributed by atoms with Crippen molar-refractivity contribution >= 4 is 16.8 Å². The Bertz CT molecular complexity index is 483. The monoisotopic (exact) mass is 164 g/mol. The first kappa shape index (κ1) is 6.78. The van der Waals surface area contributed by atoms with Crippen LogP contribution in [0.2, 0.25) is 0 Å². The van der Waals surface area contributed by atoms with E-state index in [1.165, 1.54) is 12.1 Å². The van der Waals surface area contributed by atoms with Crippen LogP contribution in [0, 0.1) is 4.91 Å². The van der Waals surface area contributed by atoms with Gasteiger partial charge in [-0.2, -0.15) is 0 Å². The van der Waals surface area contributed by atoms with Crippen LogP contribution < -0.4 is 5.76 Å². The molecule has 1 aromatic heterocycles. The lowest BCUT2D eigenvalue weighted by Crippen LogP contribution is -1.92. The smallest absolute Gasteiger partial charge is 0.408 e. The Labute approximate surface area is 66.0 Å². The SMILES string of the molecule is O=Nc1ccc2[nH]c(=O)oc2c1. The predicted octanol–water partition coefficient (Wildman–Crippen LogP) is 1.52. The summed E-state index contributed by atoms with van der Waals surface area (Å²) < 4.78 is 4.70. The summed E-state index contributed by atoms with van der Waals surface area (Å²) >= 11 is 0. The molecule has 1 aromatic carbocycles. The van der Waals surface area contributed by atoms with Crippen LogP contribution in [0.15, 0.2) is 32.6 Å².